The molecule has 0 N–H and O–H groups in total. The van der Waals surface area contributed by atoms with Crippen LogP contribution in [0.5, 0.6) is 11.5 Å². The molecule has 0 aliphatic carbocycles. The van der Waals surface area contributed by atoms with Crippen molar-refractivity contribution < 1.29 is 31.8 Å². The summed E-state index contributed by atoms with van der Waals surface area (Å²) in [7, 11) is 0. The van der Waals surface area contributed by atoms with Gasteiger partial charge in [-0.1, -0.05) is 76.1 Å². The third-order valence-electron chi connectivity index (χ3n) is 8.01. The SMILES string of the molecule is CCCCCCCCCC1CCC(COc2ccc(-c3ccc(-c4ccc(OCC)c(F)c4F)cc3)c(F)c2F)OC1. The number of hydrogen-bond donors (Lipinski definition) is 0. The minimum Gasteiger partial charge on any atom is -0.491 e. The molecule has 1 saturated heterocycles. The minimum atomic E-state index is -1.07. The van der Waals surface area contributed by atoms with Gasteiger partial charge in [0, 0.05) is 17.7 Å². The Balaban J connectivity index is 1.28. The first-order valence-electron chi connectivity index (χ1n) is 15.4. The summed E-state index contributed by atoms with van der Waals surface area (Å²) in [4.78, 5) is 0. The van der Waals surface area contributed by atoms with E-state index >= 15 is 4.39 Å². The van der Waals surface area contributed by atoms with Gasteiger partial charge in [-0.2, -0.15) is 8.78 Å². The van der Waals surface area contributed by atoms with Gasteiger partial charge in [0.25, 0.3) is 0 Å². The van der Waals surface area contributed by atoms with Crippen LogP contribution in [-0.4, -0.2) is 25.9 Å². The van der Waals surface area contributed by atoms with Crippen LogP contribution in [0.15, 0.2) is 48.5 Å². The summed E-state index contributed by atoms with van der Waals surface area (Å²) in [5.41, 5.74) is 0.895. The average molecular weight is 587 g/mol. The zero-order chi connectivity index (χ0) is 29.9. The quantitative estimate of drug-likeness (QED) is 0.131. The summed E-state index contributed by atoms with van der Waals surface area (Å²) in [5, 5.41) is 0. The van der Waals surface area contributed by atoms with Gasteiger partial charge in [0.05, 0.1) is 12.7 Å². The summed E-state index contributed by atoms with van der Waals surface area (Å²) >= 11 is 0. The Morgan fingerprint density at radius 1 is 0.643 bits per heavy atom. The van der Waals surface area contributed by atoms with E-state index < -0.39 is 23.3 Å². The maximum atomic E-state index is 15.0. The van der Waals surface area contributed by atoms with Crippen LogP contribution in [0.4, 0.5) is 17.6 Å². The van der Waals surface area contributed by atoms with Crippen molar-refractivity contribution in [2.24, 2.45) is 5.92 Å². The average Bonchev–Trinajstić information content (AvgIpc) is 3.01. The molecule has 4 rings (SSSR count). The third-order valence-corrected chi connectivity index (χ3v) is 8.01. The molecular formula is C35H42F4O3. The lowest BCUT2D eigenvalue weighted by molar-refractivity contribution is -0.0400. The van der Waals surface area contributed by atoms with Crippen LogP contribution in [0.2, 0.25) is 0 Å². The molecule has 0 saturated carbocycles. The lowest BCUT2D eigenvalue weighted by Gasteiger charge is -2.29. The van der Waals surface area contributed by atoms with Crippen LogP contribution >= 0.6 is 0 Å². The van der Waals surface area contributed by atoms with Gasteiger partial charge in [-0.25, -0.2) is 8.78 Å². The molecule has 7 heteroatoms. The van der Waals surface area contributed by atoms with Gasteiger partial charge in [-0.15, -0.1) is 0 Å². The second-order valence-electron chi connectivity index (χ2n) is 11.1. The molecule has 0 radical (unpaired) electrons. The predicted octanol–water partition coefficient (Wildman–Crippen LogP) is 10.3. The monoisotopic (exact) mass is 586 g/mol. The second kappa shape index (κ2) is 16.0. The predicted molar refractivity (Wildman–Crippen MR) is 159 cm³/mol. The summed E-state index contributed by atoms with van der Waals surface area (Å²) in [6.45, 7) is 4.98. The number of ether oxygens (including phenoxy) is 3. The Hall–Kier alpha value is -3.06. The van der Waals surface area contributed by atoms with Gasteiger partial charge in [-0.05, 0) is 67.5 Å². The van der Waals surface area contributed by atoms with Crippen molar-refractivity contribution >= 4 is 0 Å². The molecule has 0 bridgehead atoms. The molecule has 3 aromatic rings. The summed E-state index contributed by atoms with van der Waals surface area (Å²) in [6.07, 6.45) is 12.0. The molecule has 2 atom stereocenters. The topological polar surface area (TPSA) is 27.7 Å². The van der Waals surface area contributed by atoms with Crippen molar-refractivity contribution in [1.82, 2.24) is 0 Å². The van der Waals surface area contributed by atoms with E-state index in [1.165, 1.54) is 87.8 Å². The molecular weight excluding hydrogens is 544 g/mol. The van der Waals surface area contributed by atoms with Crippen LogP contribution in [0, 0.1) is 29.2 Å². The van der Waals surface area contributed by atoms with E-state index in [4.69, 9.17) is 14.2 Å². The van der Waals surface area contributed by atoms with E-state index in [1.54, 1.807) is 19.1 Å². The molecule has 228 valence electrons. The van der Waals surface area contributed by atoms with Crippen molar-refractivity contribution in [3.8, 4) is 33.8 Å². The van der Waals surface area contributed by atoms with Crippen LogP contribution in [0.3, 0.4) is 0 Å². The smallest absolute Gasteiger partial charge is 0.201 e. The van der Waals surface area contributed by atoms with Gasteiger partial charge in [-0.3, -0.25) is 0 Å². The second-order valence-corrected chi connectivity index (χ2v) is 11.1. The molecule has 0 spiro atoms. The highest BCUT2D eigenvalue weighted by molar-refractivity contribution is 5.72. The van der Waals surface area contributed by atoms with Gasteiger partial charge in [0.1, 0.15) is 6.61 Å². The number of rotatable bonds is 15. The van der Waals surface area contributed by atoms with Crippen molar-refractivity contribution in [3.63, 3.8) is 0 Å². The van der Waals surface area contributed by atoms with E-state index in [0.717, 1.165) is 12.8 Å². The number of hydrogen-bond acceptors (Lipinski definition) is 3. The van der Waals surface area contributed by atoms with E-state index in [1.807, 2.05) is 0 Å². The van der Waals surface area contributed by atoms with Crippen molar-refractivity contribution in [2.75, 3.05) is 19.8 Å². The first-order valence-corrected chi connectivity index (χ1v) is 15.4. The first kappa shape index (κ1) is 31.9. The Kier molecular flexibility index (Phi) is 12.1. The molecule has 42 heavy (non-hydrogen) atoms. The Bertz CT molecular complexity index is 1270. The summed E-state index contributed by atoms with van der Waals surface area (Å²) in [6, 6.07) is 11.8. The molecule has 2 unspecified atom stereocenters. The van der Waals surface area contributed by atoms with Crippen molar-refractivity contribution in [1.29, 1.82) is 0 Å². The number of halogens is 4. The molecule has 1 fully saturated rings. The Morgan fingerprint density at radius 3 is 1.71 bits per heavy atom. The molecule has 0 aromatic heterocycles. The highest BCUT2D eigenvalue weighted by Crippen LogP contribution is 2.34. The molecule has 3 aromatic carbocycles. The Labute approximate surface area is 247 Å². The number of benzene rings is 3. The summed E-state index contributed by atoms with van der Waals surface area (Å²) in [5.74, 6) is -3.95. The van der Waals surface area contributed by atoms with Crippen molar-refractivity contribution in [3.05, 3.63) is 71.8 Å². The lowest BCUT2D eigenvalue weighted by atomic mass is 9.93. The van der Waals surface area contributed by atoms with Gasteiger partial charge >= 0.3 is 0 Å². The van der Waals surface area contributed by atoms with Crippen LogP contribution in [0.25, 0.3) is 22.3 Å². The highest BCUT2D eigenvalue weighted by Gasteiger charge is 2.23. The largest absolute Gasteiger partial charge is 0.491 e. The fourth-order valence-corrected chi connectivity index (χ4v) is 5.51. The van der Waals surface area contributed by atoms with E-state index in [0.29, 0.717) is 23.7 Å². The minimum absolute atomic E-state index is 0.0480. The van der Waals surface area contributed by atoms with Crippen molar-refractivity contribution in [2.45, 2.75) is 84.2 Å². The van der Waals surface area contributed by atoms with Crippen LogP contribution in [-0.2, 0) is 4.74 Å². The number of unbranched alkanes of at least 4 members (excludes halogenated alkanes) is 6. The van der Waals surface area contributed by atoms with E-state index in [9.17, 15) is 13.2 Å². The van der Waals surface area contributed by atoms with E-state index in [2.05, 4.69) is 6.92 Å². The Morgan fingerprint density at radius 2 is 1.19 bits per heavy atom. The summed E-state index contributed by atoms with van der Waals surface area (Å²) < 4.78 is 75.6. The normalized spacial score (nSPS) is 16.9. The van der Waals surface area contributed by atoms with Crippen LogP contribution < -0.4 is 9.47 Å². The first-order chi connectivity index (χ1) is 20.4. The van der Waals surface area contributed by atoms with Gasteiger partial charge in [0.15, 0.2) is 23.1 Å². The molecule has 1 aliphatic rings. The maximum absolute atomic E-state index is 15.0. The third kappa shape index (κ3) is 8.27. The van der Waals surface area contributed by atoms with Crippen LogP contribution in [0.1, 0.15) is 78.1 Å². The molecule has 0 amide bonds. The zero-order valence-corrected chi connectivity index (χ0v) is 24.7. The highest BCUT2D eigenvalue weighted by atomic mass is 19.2. The maximum Gasteiger partial charge on any atom is 0.201 e. The standard InChI is InChI=1S/C35H42F4O3/c1-3-5-6-7-8-9-10-11-24-12-17-27(41-22-24)23-42-31-21-19-29(33(37)35(31)39)26-15-13-25(14-16-26)28-18-20-30(40-4-2)34(38)32(28)36/h13-16,18-21,24,27H,3-12,17,22-23H2,1-2H3. The zero-order valence-electron chi connectivity index (χ0n) is 24.7. The van der Waals surface area contributed by atoms with Gasteiger partial charge in [0.2, 0.25) is 11.6 Å². The van der Waals surface area contributed by atoms with Gasteiger partial charge < -0.3 is 14.2 Å². The lowest BCUT2D eigenvalue weighted by Crippen LogP contribution is -2.30. The molecule has 3 nitrogen and oxygen atoms in total. The molecule has 1 heterocycles. The molecule has 1 aliphatic heterocycles. The fourth-order valence-electron chi connectivity index (χ4n) is 5.51. The fraction of sp³-hybridized carbons (Fsp3) is 0.486. The van der Waals surface area contributed by atoms with E-state index in [-0.39, 0.29) is 41.9 Å².